The Morgan fingerprint density at radius 3 is 1.46 bits per heavy atom. The van der Waals surface area contributed by atoms with E-state index >= 15 is 0 Å². The maximum atomic E-state index is 9.52. The zero-order valence-corrected chi connectivity index (χ0v) is 18.7. The summed E-state index contributed by atoms with van der Waals surface area (Å²) >= 11 is 0. The Balaban J connectivity index is 1.54. The number of aromatic nitrogens is 1. The molecule has 0 fully saturated rings. The fraction of sp³-hybridized carbons (Fsp3) is 0. The summed E-state index contributed by atoms with van der Waals surface area (Å²) < 4.78 is 2.21. The van der Waals surface area contributed by atoms with Gasteiger partial charge in [0, 0.05) is 21.5 Å². The van der Waals surface area contributed by atoms with E-state index in [1.807, 2.05) is 42.5 Å². The quantitative estimate of drug-likeness (QED) is 0.272. The predicted molar refractivity (Wildman–Crippen MR) is 141 cm³/mol. The lowest BCUT2D eigenvalue weighted by molar-refractivity contribution is 1.36. The Labute approximate surface area is 201 Å². The summed E-state index contributed by atoms with van der Waals surface area (Å²) in [6.45, 7) is 0. The minimum Gasteiger partial charge on any atom is -0.308 e. The molecule has 0 atom stereocenters. The van der Waals surface area contributed by atoms with Gasteiger partial charge in [-0.15, -0.1) is 0 Å². The van der Waals surface area contributed by atoms with E-state index in [4.69, 9.17) is 0 Å². The molecule has 0 aliphatic carbocycles. The first-order chi connectivity index (χ1) is 17.2. The van der Waals surface area contributed by atoms with Crippen molar-refractivity contribution >= 4 is 38.1 Å². The molecule has 2 heterocycles. The molecule has 7 rings (SSSR count). The SMILES string of the molecule is N#Cc1ccc2c3cc(-c4ccc(-c5ccccc5)cc4)cc4c5ccc(C#N)cc5n(c2c1)c34. The number of hydrogen-bond acceptors (Lipinski definition) is 2. The number of rotatable bonds is 2. The average molecular weight is 444 g/mol. The predicted octanol–water partition coefficient (Wildman–Crippen LogP) is 7.91. The Hall–Kier alpha value is -5.12. The largest absolute Gasteiger partial charge is 0.308 e. The van der Waals surface area contributed by atoms with Crippen LogP contribution in [0.15, 0.2) is 103 Å². The highest BCUT2D eigenvalue weighted by Gasteiger charge is 2.19. The molecule has 160 valence electrons. The van der Waals surface area contributed by atoms with Gasteiger partial charge in [0.05, 0.1) is 39.8 Å². The molecule has 0 saturated heterocycles. The van der Waals surface area contributed by atoms with E-state index in [0.29, 0.717) is 11.1 Å². The number of nitriles is 2. The van der Waals surface area contributed by atoms with Crippen molar-refractivity contribution < 1.29 is 0 Å². The van der Waals surface area contributed by atoms with Crippen LogP contribution in [0.25, 0.3) is 60.3 Å². The number of nitrogens with zero attached hydrogens (tertiary/aromatic N) is 3. The zero-order chi connectivity index (χ0) is 23.5. The molecule has 7 aromatic rings. The molecule has 0 aliphatic rings. The Kier molecular flexibility index (Phi) is 3.98. The van der Waals surface area contributed by atoms with Crippen LogP contribution in [-0.4, -0.2) is 4.40 Å². The van der Waals surface area contributed by atoms with E-state index in [0.717, 1.165) is 49.2 Å². The molecule has 0 aliphatic heterocycles. The fourth-order valence-electron chi connectivity index (χ4n) is 5.34. The second kappa shape index (κ2) is 7.19. The molecule has 0 unspecified atom stereocenters. The van der Waals surface area contributed by atoms with Crippen molar-refractivity contribution in [3.63, 3.8) is 0 Å². The van der Waals surface area contributed by atoms with Gasteiger partial charge < -0.3 is 4.40 Å². The van der Waals surface area contributed by atoms with Gasteiger partial charge in [-0.2, -0.15) is 10.5 Å². The summed E-state index contributed by atoms with van der Waals surface area (Å²) in [4.78, 5) is 0. The third-order valence-electron chi connectivity index (χ3n) is 6.97. The van der Waals surface area contributed by atoms with Crippen LogP contribution in [0.3, 0.4) is 0 Å². The van der Waals surface area contributed by atoms with Crippen molar-refractivity contribution in [3.8, 4) is 34.4 Å². The molecule has 0 spiro atoms. The smallest absolute Gasteiger partial charge is 0.0992 e. The van der Waals surface area contributed by atoms with Crippen LogP contribution < -0.4 is 0 Å². The van der Waals surface area contributed by atoms with E-state index in [9.17, 15) is 10.5 Å². The van der Waals surface area contributed by atoms with Crippen LogP contribution in [0.2, 0.25) is 0 Å². The van der Waals surface area contributed by atoms with Gasteiger partial charge in [0.25, 0.3) is 0 Å². The van der Waals surface area contributed by atoms with E-state index in [1.165, 1.54) is 11.1 Å². The minimum atomic E-state index is 0.625. The third-order valence-corrected chi connectivity index (χ3v) is 6.97. The number of fused-ring (bicyclic) bond motifs is 6. The first-order valence-corrected chi connectivity index (χ1v) is 11.5. The summed E-state index contributed by atoms with van der Waals surface area (Å²) in [5.41, 5.74) is 9.05. The fourth-order valence-corrected chi connectivity index (χ4v) is 5.34. The maximum absolute atomic E-state index is 9.52. The Bertz CT molecular complexity index is 1900. The molecule has 0 amide bonds. The lowest BCUT2D eigenvalue weighted by Crippen LogP contribution is -1.83. The van der Waals surface area contributed by atoms with E-state index in [2.05, 4.69) is 77.2 Å². The van der Waals surface area contributed by atoms with Gasteiger partial charge in [-0.25, -0.2) is 0 Å². The summed E-state index contributed by atoms with van der Waals surface area (Å²) in [6.07, 6.45) is 0. The molecule has 0 bridgehead atoms. The van der Waals surface area contributed by atoms with Gasteiger partial charge in [0.1, 0.15) is 0 Å². The molecule has 2 aromatic heterocycles. The van der Waals surface area contributed by atoms with Gasteiger partial charge in [-0.3, -0.25) is 0 Å². The Morgan fingerprint density at radius 1 is 0.457 bits per heavy atom. The van der Waals surface area contributed by atoms with E-state index in [1.54, 1.807) is 0 Å². The normalized spacial score (nSPS) is 11.4. The highest BCUT2D eigenvalue weighted by molar-refractivity contribution is 6.24. The summed E-state index contributed by atoms with van der Waals surface area (Å²) in [5.74, 6) is 0. The Morgan fingerprint density at radius 2 is 0.943 bits per heavy atom. The van der Waals surface area contributed by atoms with Crippen LogP contribution in [0.1, 0.15) is 11.1 Å². The van der Waals surface area contributed by atoms with Crippen LogP contribution >= 0.6 is 0 Å². The minimum absolute atomic E-state index is 0.625. The van der Waals surface area contributed by atoms with Crippen LogP contribution in [0.5, 0.6) is 0 Å². The molecule has 5 aromatic carbocycles. The number of benzene rings is 5. The lowest BCUT2D eigenvalue weighted by Gasteiger charge is -2.07. The van der Waals surface area contributed by atoms with Crippen LogP contribution in [0.4, 0.5) is 0 Å². The molecule has 3 heteroatoms. The van der Waals surface area contributed by atoms with Gasteiger partial charge >= 0.3 is 0 Å². The average Bonchev–Trinajstić information content (AvgIpc) is 3.44. The molecule has 35 heavy (non-hydrogen) atoms. The standard InChI is InChI=1S/C32H17N3/c33-18-20-6-12-26-28-16-25(24-10-8-23(9-11-24)22-4-2-1-3-5-22)17-29-27-13-7-21(19-34)15-31(27)35(32(28)29)30(26)14-20/h1-17H. The van der Waals surface area contributed by atoms with Crippen molar-refractivity contribution in [1.29, 1.82) is 10.5 Å². The second-order valence-corrected chi connectivity index (χ2v) is 8.89. The van der Waals surface area contributed by atoms with E-state index < -0.39 is 0 Å². The molecule has 0 saturated carbocycles. The van der Waals surface area contributed by atoms with Crippen molar-refractivity contribution in [2.24, 2.45) is 0 Å². The molecule has 0 radical (unpaired) electrons. The molecular formula is C32H17N3. The zero-order valence-electron chi connectivity index (χ0n) is 18.7. The highest BCUT2D eigenvalue weighted by Crippen LogP contribution is 2.42. The monoisotopic (exact) mass is 443 g/mol. The van der Waals surface area contributed by atoms with E-state index in [-0.39, 0.29) is 0 Å². The highest BCUT2D eigenvalue weighted by atomic mass is 14.9. The van der Waals surface area contributed by atoms with Gasteiger partial charge in [-0.1, -0.05) is 66.7 Å². The van der Waals surface area contributed by atoms with Crippen molar-refractivity contribution in [2.75, 3.05) is 0 Å². The first-order valence-electron chi connectivity index (χ1n) is 11.5. The van der Waals surface area contributed by atoms with Gasteiger partial charge in [-0.05, 0) is 58.7 Å². The summed E-state index contributed by atoms with van der Waals surface area (Å²) in [7, 11) is 0. The molecule has 0 N–H and O–H groups in total. The van der Waals surface area contributed by atoms with Crippen LogP contribution in [-0.2, 0) is 0 Å². The lowest BCUT2D eigenvalue weighted by atomic mass is 9.97. The van der Waals surface area contributed by atoms with Gasteiger partial charge in [0.2, 0.25) is 0 Å². The molecule has 3 nitrogen and oxygen atoms in total. The summed E-state index contributed by atoms with van der Waals surface area (Å²) in [6, 6.07) is 39.8. The topological polar surface area (TPSA) is 52.0 Å². The maximum Gasteiger partial charge on any atom is 0.0992 e. The van der Waals surface area contributed by atoms with Crippen molar-refractivity contribution in [2.45, 2.75) is 0 Å². The van der Waals surface area contributed by atoms with Gasteiger partial charge in [0.15, 0.2) is 0 Å². The van der Waals surface area contributed by atoms with Crippen molar-refractivity contribution in [1.82, 2.24) is 4.40 Å². The summed E-state index contributed by atoms with van der Waals surface area (Å²) in [5, 5.41) is 23.6. The second-order valence-electron chi connectivity index (χ2n) is 8.89. The van der Waals surface area contributed by atoms with Crippen molar-refractivity contribution in [3.05, 3.63) is 114 Å². The first kappa shape index (κ1) is 19.4. The third kappa shape index (κ3) is 2.76. The van der Waals surface area contributed by atoms with Crippen LogP contribution in [0, 0.1) is 22.7 Å². The number of hydrogen-bond donors (Lipinski definition) is 0. The molecular weight excluding hydrogens is 426 g/mol.